The SMILES string of the molecule is CN(C(=O)c1ccc2scnc2c1)C1COCc2[nH]c(=O)c3cc(F)ccc3c21. The molecule has 0 saturated carbocycles. The van der Waals surface area contributed by atoms with Crippen LogP contribution in [0.5, 0.6) is 0 Å². The lowest BCUT2D eigenvalue weighted by molar-refractivity contribution is 0.0336. The van der Waals surface area contributed by atoms with Crippen LogP contribution in [0.3, 0.4) is 0 Å². The number of H-pyrrole nitrogens is 1. The molecule has 0 saturated heterocycles. The molecule has 29 heavy (non-hydrogen) atoms. The second kappa shape index (κ2) is 6.75. The summed E-state index contributed by atoms with van der Waals surface area (Å²) in [5.74, 6) is -0.657. The number of hydrogen-bond donors (Lipinski definition) is 1. The Kier molecular flexibility index (Phi) is 4.18. The molecule has 1 aliphatic heterocycles. The summed E-state index contributed by atoms with van der Waals surface area (Å²) in [4.78, 5) is 34.2. The van der Waals surface area contributed by atoms with Gasteiger partial charge >= 0.3 is 0 Å². The molecule has 0 fully saturated rings. The van der Waals surface area contributed by atoms with Crippen molar-refractivity contribution in [2.75, 3.05) is 13.7 Å². The fourth-order valence-corrected chi connectivity index (χ4v) is 4.52. The number of pyridine rings is 1. The van der Waals surface area contributed by atoms with Gasteiger partial charge in [0.2, 0.25) is 0 Å². The number of ether oxygens (including phenoxy) is 1. The first-order valence-electron chi connectivity index (χ1n) is 9.05. The third-order valence-electron chi connectivity index (χ3n) is 5.33. The van der Waals surface area contributed by atoms with Crippen LogP contribution >= 0.6 is 11.3 Å². The highest BCUT2D eigenvalue weighted by atomic mass is 32.1. The molecule has 0 radical (unpaired) electrons. The Morgan fingerprint density at radius 3 is 3.00 bits per heavy atom. The Morgan fingerprint density at radius 2 is 2.14 bits per heavy atom. The topological polar surface area (TPSA) is 75.3 Å². The molecule has 146 valence electrons. The number of aromatic amines is 1. The van der Waals surface area contributed by atoms with Gasteiger partial charge in [-0.25, -0.2) is 9.37 Å². The Labute approximate surface area is 168 Å². The van der Waals surface area contributed by atoms with E-state index >= 15 is 0 Å². The van der Waals surface area contributed by atoms with E-state index in [1.165, 1.54) is 23.5 Å². The van der Waals surface area contributed by atoms with Gasteiger partial charge in [-0.1, -0.05) is 6.07 Å². The van der Waals surface area contributed by atoms with Crippen molar-refractivity contribution in [2.24, 2.45) is 0 Å². The quantitative estimate of drug-likeness (QED) is 0.549. The minimum Gasteiger partial charge on any atom is -0.373 e. The van der Waals surface area contributed by atoms with Crippen molar-refractivity contribution >= 4 is 38.2 Å². The van der Waals surface area contributed by atoms with Crippen molar-refractivity contribution in [3.63, 3.8) is 0 Å². The number of aromatic nitrogens is 2. The lowest BCUT2D eigenvalue weighted by atomic mass is 9.95. The molecule has 5 rings (SSSR count). The molecule has 8 heteroatoms. The van der Waals surface area contributed by atoms with Gasteiger partial charge in [0.25, 0.3) is 11.5 Å². The van der Waals surface area contributed by atoms with Crippen molar-refractivity contribution < 1.29 is 13.9 Å². The molecule has 3 heterocycles. The summed E-state index contributed by atoms with van der Waals surface area (Å²) < 4.78 is 20.4. The summed E-state index contributed by atoms with van der Waals surface area (Å²) in [5, 5.41) is 0.897. The van der Waals surface area contributed by atoms with Gasteiger partial charge in [0, 0.05) is 23.9 Å². The van der Waals surface area contributed by atoms with E-state index in [1.807, 2.05) is 6.07 Å². The van der Waals surface area contributed by atoms with Crippen molar-refractivity contribution in [3.8, 4) is 0 Å². The number of amides is 1. The Morgan fingerprint density at radius 1 is 1.28 bits per heavy atom. The van der Waals surface area contributed by atoms with E-state index in [-0.39, 0.29) is 30.1 Å². The van der Waals surface area contributed by atoms with Gasteiger partial charge in [-0.05, 0) is 35.7 Å². The third-order valence-corrected chi connectivity index (χ3v) is 6.14. The number of nitrogens with one attached hydrogen (secondary N) is 1. The van der Waals surface area contributed by atoms with Gasteiger partial charge in [-0.15, -0.1) is 11.3 Å². The minimum atomic E-state index is -0.479. The summed E-state index contributed by atoms with van der Waals surface area (Å²) in [5.41, 5.74) is 4.08. The van der Waals surface area contributed by atoms with E-state index in [9.17, 15) is 14.0 Å². The highest BCUT2D eigenvalue weighted by Crippen LogP contribution is 2.34. The van der Waals surface area contributed by atoms with Crippen LogP contribution in [0.15, 0.2) is 46.7 Å². The fourth-order valence-electron chi connectivity index (χ4n) is 3.87. The number of carbonyl (C=O) groups excluding carboxylic acids is 1. The van der Waals surface area contributed by atoms with Crippen LogP contribution < -0.4 is 5.56 Å². The lowest BCUT2D eigenvalue weighted by Crippen LogP contribution is -2.37. The summed E-state index contributed by atoms with van der Waals surface area (Å²) in [6.07, 6.45) is 0. The molecule has 2 aromatic carbocycles. The average molecular weight is 409 g/mol. The predicted molar refractivity (Wildman–Crippen MR) is 109 cm³/mol. The highest BCUT2D eigenvalue weighted by Gasteiger charge is 2.31. The molecular formula is C21H16FN3O3S. The van der Waals surface area contributed by atoms with Crippen LogP contribution in [0.1, 0.15) is 27.7 Å². The number of thiazole rings is 1. The molecular weight excluding hydrogens is 393 g/mol. The van der Waals surface area contributed by atoms with Crippen molar-refractivity contribution in [1.29, 1.82) is 0 Å². The molecule has 6 nitrogen and oxygen atoms in total. The van der Waals surface area contributed by atoms with Crippen LogP contribution in [-0.2, 0) is 11.3 Å². The Bertz CT molecular complexity index is 1330. The lowest BCUT2D eigenvalue weighted by Gasteiger charge is -2.33. The highest BCUT2D eigenvalue weighted by molar-refractivity contribution is 7.16. The average Bonchev–Trinajstić information content (AvgIpc) is 3.20. The van der Waals surface area contributed by atoms with E-state index in [0.29, 0.717) is 16.6 Å². The summed E-state index contributed by atoms with van der Waals surface area (Å²) in [7, 11) is 1.71. The maximum atomic E-state index is 13.7. The third kappa shape index (κ3) is 2.92. The molecule has 1 atom stereocenters. The zero-order chi connectivity index (χ0) is 20.1. The molecule has 1 amide bonds. The molecule has 1 aliphatic rings. The fraction of sp³-hybridized carbons (Fsp3) is 0.190. The van der Waals surface area contributed by atoms with Crippen LogP contribution in [0.2, 0.25) is 0 Å². The van der Waals surface area contributed by atoms with Gasteiger partial charge in [-0.3, -0.25) is 9.59 Å². The van der Waals surface area contributed by atoms with E-state index < -0.39 is 11.9 Å². The first-order valence-corrected chi connectivity index (χ1v) is 9.93. The van der Waals surface area contributed by atoms with Gasteiger partial charge in [0.05, 0.1) is 40.4 Å². The summed E-state index contributed by atoms with van der Waals surface area (Å²) in [6.45, 7) is 0.522. The number of halogens is 1. The molecule has 2 aromatic heterocycles. The monoisotopic (exact) mass is 409 g/mol. The molecule has 1 unspecified atom stereocenters. The number of likely N-dealkylation sites (N-methyl/N-ethyl adjacent to an activating group) is 1. The second-order valence-electron chi connectivity index (χ2n) is 7.02. The number of hydrogen-bond acceptors (Lipinski definition) is 5. The summed E-state index contributed by atoms with van der Waals surface area (Å²) >= 11 is 1.52. The molecule has 0 bridgehead atoms. The maximum Gasteiger partial charge on any atom is 0.256 e. The van der Waals surface area contributed by atoms with Crippen molar-refractivity contribution in [1.82, 2.24) is 14.9 Å². The number of benzene rings is 2. The zero-order valence-corrected chi connectivity index (χ0v) is 16.3. The summed E-state index contributed by atoms with van der Waals surface area (Å²) in [6, 6.07) is 9.17. The van der Waals surface area contributed by atoms with Gasteiger partial charge in [-0.2, -0.15) is 0 Å². The first kappa shape index (κ1) is 18.0. The van der Waals surface area contributed by atoms with Crippen LogP contribution in [0.4, 0.5) is 4.39 Å². The van der Waals surface area contributed by atoms with Crippen LogP contribution in [0.25, 0.3) is 21.0 Å². The molecule has 0 spiro atoms. The Hall–Kier alpha value is -3.10. The van der Waals surface area contributed by atoms with E-state index in [0.717, 1.165) is 15.8 Å². The number of nitrogens with zero attached hydrogens (tertiary/aromatic N) is 2. The first-order chi connectivity index (χ1) is 14.0. The maximum absolute atomic E-state index is 13.7. The van der Waals surface area contributed by atoms with Gasteiger partial charge in [0.1, 0.15) is 5.82 Å². The molecule has 0 aliphatic carbocycles. The van der Waals surface area contributed by atoms with Crippen molar-refractivity contribution in [2.45, 2.75) is 12.6 Å². The largest absolute Gasteiger partial charge is 0.373 e. The number of rotatable bonds is 2. The standard InChI is InChI=1S/C21H16FN3O3S/c1-25(21(27)11-2-5-18-15(6-11)23-10-29-18)17-9-28-8-16-19(17)13-4-3-12(22)7-14(13)20(26)24-16/h2-7,10,17H,8-9H2,1H3,(H,24,26). The normalized spacial score (nSPS) is 16.1. The van der Waals surface area contributed by atoms with E-state index in [1.54, 1.807) is 35.7 Å². The minimum absolute atomic E-state index is 0.178. The van der Waals surface area contributed by atoms with Crippen LogP contribution in [0, 0.1) is 5.82 Å². The molecule has 1 N–H and O–H groups in total. The second-order valence-corrected chi connectivity index (χ2v) is 7.90. The van der Waals surface area contributed by atoms with Crippen LogP contribution in [-0.4, -0.2) is 34.4 Å². The Balaban J connectivity index is 1.60. The number of fused-ring (bicyclic) bond motifs is 4. The zero-order valence-electron chi connectivity index (χ0n) is 15.4. The predicted octanol–water partition coefficient (Wildman–Crippen LogP) is 3.62. The van der Waals surface area contributed by atoms with Crippen molar-refractivity contribution in [3.05, 3.63) is 74.9 Å². The van der Waals surface area contributed by atoms with Gasteiger partial charge in [0.15, 0.2) is 0 Å². The van der Waals surface area contributed by atoms with Gasteiger partial charge < -0.3 is 14.6 Å². The number of carbonyl (C=O) groups is 1. The smallest absolute Gasteiger partial charge is 0.256 e. The van der Waals surface area contributed by atoms with E-state index in [2.05, 4.69) is 9.97 Å². The van der Waals surface area contributed by atoms with E-state index in [4.69, 9.17) is 4.74 Å². The molecule has 4 aromatic rings.